The van der Waals surface area contributed by atoms with Gasteiger partial charge in [0.05, 0.1) is 20.6 Å². The van der Waals surface area contributed by atoms with Crippen LogP contribution in [-0.4, -0.2) is 20.1 Å². The average molecular weight is 382 g/mol. The Labute approximate surface area is 162 Å². The number of anilines is 2. The van der Waals surface area contributed by atoms with E-state index in [2.05, 4.69) is 10.6 Å². The Balaban J connectivity index is 1.54. The lowest BCUT2D eigenvalue weighted by Crippen LogP contribution is -2.13. The van der Waals surface area contributed by atoms with Crippen LogP contribution < -0.4 is 20.1 Å². The molecular weight excluding hydrogens is 360 g/mol. The topological polar surface area (TPSA) is 59.6 Å². The molecule has 1 aromatic heterocycles. The van der Waals surface area contributed by atoms with E-state index >= 15 is 0 Å². The van der Waals surface area contributed by atoms with E-state index in [1.807, 2.05) is 60.0 Å². The van der Waals surface area contributed by atoms with Crippen LogP contribution in [0, 0.1) is 0 Å². The van der Waals surface area contributed by atoms with Gasteiger partial charge in [-0.05, 0) is 53.4 Å². The van der Waals surface area contributed by atoms with E-state index < -0.39 is 0 Å². The third-order valence-corrected chi connectivity index (χ3v) is 4.90. The van der Waals surface area contributed by atoms with Crippen LogP contribution in [0.1, 0.15) is 10.4 Å². The molecule has 0 saturated heterocycles. The highest BCUT2D eigenvalue weighted by molar-refractivity contribution is 7.10. The number of thiophene rings is 1. The predicted molar refractivity (Wildman–Crippen MR) is 110 cm³/mol. The van der Waals surface area contributed by atoms with E-state index in [1.165, 1.54) is 0 Å². The van der Waals surface area contributed by atoms with Crippen LogP contribution in [0.25, 0.3) is 0 Å². The van der Waals surface area contributed by atoms with E-state index in [9.17, 15) is 4.79 Å². The van der Waals surface area contributed by atoms with Crippen LogP contribution in [0.3, 0.4) is 0 Å². The van der Waals surface area contributed by atoms with Crippen molar-refractivity contribution in [2.24, 2.45) is 0 Å². The minimum absolute atomic E-state index is 0.0107. The van der Waals surface area contributed by atoms with Crippen molar-refractivity contribution in [1.29, 1.82) is 0 Å². The number of hydrogen-bond acceptors (Lipinski definition) is 5. The summed E-state index contributed by atoms with van der Waals surface area (Å²) in [4.78, 5) is 13.1. The Morgan fingerprint density at radius 3 is 2.37 bits per heavy atom. The van der Waals surface area contributed by atoms with Crippen LogP contribution in [-0.2, 0) is 17.8 Å². The zero-order valence-electron chi connectivity index (χ0n) is 15.3. The van der Waals surface area contributed by atoms with Gasteiger partial charge in [-0.1, -0.05) is 12.1 Å². The maximum Gasteiger partial charge on any atom is 0.229 e. The average Bonchev–Trinajstić information content (AvgIpc) is 3.20. The fraction of sp³-hybridized carbons (Fsp3) is 0.190. The highest BCUT2D eigenvalue weighted by Gasteiger charge is 2.06. The van der Waals surface area contributed by atoms with E-state index in [0.717, 1.165) is 21.8 Å². The second-order valence-electron chi connectivity index (χ2n) is 5.92. The summed E-state index contributed by atoms with van der Waals surface area (Å²) in [7, 11) is 3.25. The highest BCUT2D eigenvalue weighted by Crippen LogP contribution is 2.28. The first-order valence-electron chi connectivity index (χ1n) is 8.55. The first-order valence-corrected chi connectivity index (χ1v) is 9.43. The first-order chi connectivity index (χ1) is 13.2. The molecule has 1 heterocycles. The maximum absolute atomic E-state index is 12.0. The third kappa shape index (κ3) is 5.24. The molecule has 0 atom stereocenters. The van der Waals surface area contributed by atoms with Gasteiger partial charge in [0.2, 0.25) is 5.91 Å². The van der Waals surface area contributed by atoms with Gasteiger partial charge >= 0.3 is 0 Å². The van der Waals surface area contributed by atoms with Crippen molar-refractivity contribution in [3.05, 3.63) is 70.4 Å². The number of rotatable bonds is 8. The molecule has 140 valence electrons. The zero-order valence-corrected chi connectivity index (χ0v) is 16.1. The molecule has 0 aliphatic rings. The molecule has 0 fully saturated rings. The van der Waals surface area contributed by atoms with Crippen molar-refractivity contribution in [1.82, 2.24) is 0 Å². The van der Waals surface area contributed by atoms with Crippen LogP contribution in [0.2, 0.25) is 0 Å². The molecular formula is C21H22N2O3S. The number of carbonyl (C=O) groups is 1. The highest BCUT2D eigenvalue weighted by atomic mass is 32.1. The summed E-state index contributed by atoms with van der Waals surface area (Å²) in [6, 6.07) is 17.4. The zero-order chi connectivity index (χ0) is 19.1. The quantitative estimate of drug-likeness (QED) is 0.600. The first kappa shape index (κ1) is 18.8. The summed E-state index contributed by atoms with van der Waals surface area (Å²) in [5, 5.41) is 8.25. The van der Waals surface area contributed by atoms with Gasteiger partial charge in [-0.25, -0.2) is 0 Å². The molecule has 0 saturated carbocycles. The SMILES string of the molecule is COc1ccc(CNc2ccc(NC(=O)Cc3cccs3)cc2)cc1OC. The largest absolute Gasteiger partial charge is 0.493 e. The Morgan fingerprint density at radius 1 is 0.963 bits per heavy atom. The van der Waals surface area contributed by atoms with Crippen LogP contribution in [0.4, 0.5) is 11.4 Å². The number of ether oxygens (including phenoxy) is 2. The molecule has 0 radical (unpaired) electrons. The standard InChI is InChI=1S/C21H22N2O3S/c1-25-19-10-5-15(12-20(19)26-2)14-22-16-6-8-17(9-7-16)23-21(24)13-18-4-3-11-27-18/h3-12,22H,13-14H2,1-2H3,(H,23,24). The number of nitrogens with one attached hydrogen (secondary N) is 2. The Kier molecular flexibility index (Phi) is 6.33. The molecule has 3 rings (SSSR count). The Bertz CT molecular complexity index is 877. The molecule has 0 spiro atoms. The van der Waals surface area contributed by atoms with Crippen molar-refractivity contribution in [3.8, 4) is 11.5 Å². The molecule has 3 aromatic rings. The maximum atomic E-state index is 12.0. The summed E-state index contributed by atoms with van der Waals surface area (Å²) in [6.07, 6.45) is 0.400. The van der Waals surface area contributed by atoms with Gasteiger partial charge in [0.25, 0.3) is 0 Å². The second kappa shape index (κ2) is 9.09. The predicted octanol–water partition coefficient (Wildman–Crippen LogP) is 4.56. The molecule has 2 N–H and O–H groups in total. The number of methoxy groups -OCH3 is 2. The number of carbonyl (C=O) groups excluding carboxylic acids is 1. The minimum atomic E-state index is -0.0107. The van der Waals surface area contributed by atoms with Crippen LogP contribution >= 0.6 is 11.3 Å². The fourth-order valence-electron chi connectivity index (χ4n) is 2.64. The molecule has 1 amide bonds. The summed E-state index contributed by atoms with van der Waals surface area (Å²) >= 11 is 1.59. The Hall–Kier alpha value is -2.99. The monoisotopic (exact) mass is 382 g/mol. The normalized spacial score (nSPS) is 10.3. The molecule has 0 bridgehead atoms. The lowest BCUT2D eigenvalue weighted by molar-refractivity contribution is -0.115. The fourth-order valence-corrected chi connectivity index (χ4v) is 3.35. The van der Waals surface area contributed by atoms with Gasteiger partial charge in [-0.15, -0.1) is 11.3 Å². The minimum Gasteiger partial charge on any atom is -0.493 e. The third-order valence-electron chi connectivity index (χ3n) is 4.03. The van der Waals surface area contributed by atoms with Crippen molar-refractivity contribution in [3.63, 3.8) is 0 Å². The summed E-state index contributed by atoms with van der Waals surface area (Å²) in [6.45, 7) is 0.657. The van der Waals surface area contributed by atoms with Crippen molar-refractivity contribution >= 4 is 28.6 Å². The summed E-state index contributed by atoms with van der Waals surface area (Å²) in [5.74, 6) is 1.41. The van der Waals surface area contributed by atoms with Gasteiger partial charge in [-0.2, -0.15) is 0 Å². The smallest absolute Gasteiger partial charge is 0.229 e. The number of amides is 1. The molecule has 0 unspecified atom stereocenters. The summed E-state index contributed by atoms with van der Waals surface area (Å²) in [5.41, 5.74) is 2.84. The molecule has 27 heavy (non-hydrogen) atoms. The van der Waals surface area contributed by atoms with E-state index in [0.29, 0.717) is 24.5 Å². The van der Waals surface area contributed by atoms with Crippen molar-refractivity contribution in [2.75, 3.05) is 24.9 Å². The second-order valence-corrected chi connectivity index (χ2v) is 6.96. The van der Waals surface area contributed by atoms with Gasteiger partial charge in [0.1, 0.15) is 0 Å². The van der Waals surface area contributed by atoms with E-state index in [4.69, 9.17) is 9.47 Å². The van der Waals surface area contributed by atoms with Crippen LogP contribution in [0.5, 0.6) is 11.5 Å². The van der Waals surface area contributed by atoms with Gasteiger partial charge in [0, 0.05) is 22.8 Å². The molecule has 6 heteroatoms. The summed E-state index contributed by atoms with van der Waals surface area (Å²) < 4.78 is 10.6. The lowest BCUT2D eigenvalue weighted by Gasteiger charge is -2.11. The van der Waals surface area contributed by atoms with Crippen molar-refractivity contribution in [2.45, 2.75) is 13.0 Å². The molecule has 5 nitrogen and oxygen atoms in total. The van der Waals surface area contributed by atoms with E-state index in [-0.39, 0.29) is 5.91 Å². The number of benzene rings is 2. The van der Waals surface area contributed by atoms with E-state index in [1.54, 1.807) is 25.6 Å². The number of hydrogen-bond donors (Lipinski definition) is 2. The lowest BCUT2D eigenvalue weighted by atomic mass is 10.2. The van der Waals surface area contributed by atoms with Crippen molar-refractivity contribution < 1.29 is 14.3 Å². The van der Waals surface area contributed by atoms with Gasteiger partial charge in [0.15, 0.2) is 11.5 Å². The molecule has 0 aliphatic carbocycles. The molecule has 2 aromatic carbocycles. The van der Waals surface area contributed by atoms with Crippen LogP contribution in [0.15, 0.2) is 60.0 Å². The van der Waals surface area contributed by atoms with Gasteiger partial charge < -0.3 is 20.1 Å². The molecule has 0 aliphatic heterocycles. The Morgan fingerprint density at radius 2 is 1.70 bits per heavy atom. The van der Waals surface area contributed by atoms with Gasteiger partial charge in [-0.3, -0.25) is 4.79 Å².